The first-order valence-corrected chi connectivity index (χ1v) is 5.22. The van der Waals surface area contributed by atoms with E-state index in [1.165, 1.54) is 32.1 Å². The fourth-order valence-electron chi connectivity index (χ4n) is 2.48. The van der Waals surface area contributed by atoms with E-state index in [1.54, 1.807) is 0 Å². The maximum Gasteiger partial charge on any atom is 0.00668 e. The minimum Gasteiger partial charge on any atom is -0.0877 e. The van der Waals surface area contributed by atoms with Crippen molar-refractivity contribution in [2.75, 3.05) is 0 Å². The van der Waals surface area contributed by atoms with E-state index in [0.29, 0.717) is 5.41 Å². The molecule has 2 aliphatic carbocycles. The van der Waals surface area contributed by atoms with Gasteiger partial charge in [0.05, 0.1) is 0 Å². The van der Waals surface area contributed by atoms with Gasteiger partial charge >= 0.3 is 0 Å². The van der Waals surface area contributed by atoms with Gasteiger partial charge in [-0.25, -0.2) is 0 Å². The first kappa shape index (κ1) is 8.10. The monoisotopic (exact) mass is 162 g/mol. The summed E-state index contributed by atoms with van der Waals surface area (Å²) in [4.78, 5) is 0. The average Bonchev–Trinajstić information content (AvgIpc) is 2.64. The molecule has 12 heavy (non-hydrogen) atoms. The molecule has 0 spiro atoms. The third-order valence-electron chi connectivity index (χ3n) is 3.23. The fraction of sp³-hybridized carbons (Fsp3) is 0.667. The van der Waals surface area contributed by atoms with Gasteiger partial charge in [0.25, 0.3) is 0 Å². The Labute approximate surface area is 75.4 Å². The van der Waals surface area contributed by atoms with Crippen LogP contribution in [0.4, 0.5) is 0 Å². The third kappa shape index (κ3) is 1.35. The largest absolute Gasteiger partial charge is 0.0877 e. The van der Waals surface area contributed by atoms with Crippen LogP contribution in [0.2, 0.25) is 0 Å². The summed E-state index contributed by atoms with van der Waals surface area (Å²) in [6.45, 7) is 2.24. The third-order valence-corrected chi connectivity index (χ3v) is 3.23. The highest BCUT2D eigenvalue weighted by molar-refractivity contribution is 5.22. The Balaban J connectivity index is 1.98. The quantitative estimate of drug-likeness (QED) is 0.555. The van der Waals surface area contributed by atoms with Crippen LogP contribution >= 0.6 is 0 Å². The minimum atomic E-state index is 0.500. The second-order valence-electron chi connectivity index (χ2n) is 4.29. The van der Waals surface area contributed by atoms with Crippen LogP contribution in [0.5, 0.6) is 0 Å². The molecule has 2 bridgehead atoms. The van der Waals surface area contributed by atoms with Crippen molar-refractivity contribution in [3.8, 4) is 0 Å². The fourth-order valence-corrected chi connectivity index (χ4v) is 2.48. The Bertz CT molecular complexity index is 212. The summed E-state index contributed by atoms with van der Waals surface area (Å²) in [7, 11) is 0. The highest BCUT2D eigenvalue weighted by Crippen LogP contribution is 2.50. The summed E-state index contributed by atoms with van der Waals surface area (Å²) in [6, 6.07) is 0. The van der Waals surface area contributed by atoms with Gasteiger partial charge in [-0.05, 0) is 31.6 Å². The van der Waals surface area contributed by atoms with Crippen LogP contribution in [0, 0.1) is 11.3 Å². The summed E-state index contributed by atoms with van der Waals surface area (Å²) >= 11 is 0. The SMILES string of the molecule is CCCC=CC12C=CC(CC1)C2. The van der Waals surface area contributed by atoms with Gasteiger partial charge < -0.3 is 0 Å². The average molecular weight is 162 g/mol. The van der Waals surface area contributed by atoms with Crippen LogP contribution in [-0.4, -0.2) is 0 Å². The zero-order valence-electron chi connectivity index (χ0n) is 7.92. The van der Waals surface area contributed by atoms with Crippen molar-refractivity contribution < 1.29 is 0 Å². The Kier molecular flexibility index (Phi) is 2.08. The topological polar surface area (TPSA) is 0 Å². The van der Waals surface area contributed by atoms with Crippen molar-refractivity contribution in [2.24, 2.45) is 11.3 Å². The van der Waals surface area contributed by atoms with Crippen molar-refractivity contribution >= 4 is 0 Å². The zero-order chi connectivity index (χ0) is 8.44. The van der Waals surface area contributed by atoms with Crippen LogP contribution < -0.4 is 0 Å². The van der Waals surface area contributed by atoms with Crippen molar-refractivity contribution in [1.82, 2.24) is 0 Å². The maximum atomic E-state index is 2.46. The highest BCUT2D eigenvalue weighted by Gasteiger charge is 2.38. The van der Waals surface area contributed by atoms with Crippen molar-refractivity contribution in [3.05, 3.63) is 24.3 Å². The van der Waals surface area contributed by atoms with Crippen molar-refractivity contribution in [1.29, 1.82) is 0 Å². The second kappa shape index (κ2) is 3.08. The van der Waals surface area contributed by atoms with Crippen molar-refractivity contribution in [3.63, 3.8) is 0 Å². The van der Waals surface area contributed by atoms with E-state index in [0.717, 1.165) is 5.92 Å². The van der Waals surface area contributed by atoms with Gasteiger partial charge in [0, 0.05) is 5.41 Å². The Morgan fingerprint density at radius 3 is 3.00 bits per heavy atom. The van der Waals surface area contributed by atoms with Gasteiger partial charge in [-0.15, -0.1) is 0 Å². The molecule has 0 heterocycles. The lowest BCUT2D eigenvalue weighted by atomic mass is 9.87. The van der Waals surface area contributed by atoms with Crippen LogP contribution in [0.1, 0.15) is 39.0 Å². The summed E-state index contributed by atoms with van der Waals surface area (Å²) in [5.41, 5.74) is 0.500. The zero-order valence-corrected chi connectivity index (χ0v) is 7.92. The minimum absolute atomic E-state index is 0.500. The molecule has 1 saturated carbocycles. The molecule has 0 aromatic carbocycles. The van der Waals surface area contributed by atoms with E-state index < -0.39 is 0 Å². The summed E-state index contributed by atoms with van der Waals surface area (Å²) in [6.07, 6.45) is 16.4. The number of fused-ring (bicyclic) bond motifs is 2. The summed E-state index contributed by atoms with van der Waals surface area (Å²) < 4.78 is 0. The highest BCUT2D eigenvalue weighted by atomic mass is 14.4. The lowest BCUT2D eigenvalue weighted by Gasteiger charge is -2.17. The number of rotatable bonds is 3. The number of allylic oxidation sites excluding steroid dienone is 4. The first-order chi connectivity index (χ1) is 5.85. The molecule has 0 saturated heterocycles. The number of hydrogen-bond acceptors (Lipinski definition) is 0. The van der Waals surface area contributed by atoms with E-state index in [2.05, 4.69) is 31.2 Å². The smallest absolute Gasteiger partial charge is 0.00668 e. The summed E-state index contributed by atoms with van der Waals surface area (Å²) in [5, 5.41) is 0. The van der Waals surface area contributed by atoms with Gasteiger partial charge in [0.2, 0.25) is 0 Å². The molecule has 0 aliphatic heterocycles. The van der Waals surface area contributed by atoms with Gasteiger partial charge in [-0.3, -0.25) is 0 Å². The van der Waals surface area contributed by atoms with Crippen LogP contribution in [0.25, 0.3) is 0 Å². The van der Waals surface area contributed by atoms with Crippen LogP contribution in [0.15, 0.2) is 24.3 Å². The number of hydrogen-bond donors (Lipinski definition) is 0. The molecule has 0 nitrogen and oxygen atoms in total. The molecular weight excluding hydrogens is 144 g/mol. The molecule has 0 heteroatoms. The van der Waals surface area contributed by atoms with Gasteiger partial charge in [0.1, 0.15) is 0 Å². The molecule has 1 fully saturated rings. The van der Waals surface area contributed by atoms with E-state index in [9.17, 15) is 0 Å². The first-order valence-electron chi connectivity index (χ1n) is 5.22. The lowest BCUT2D eigenvalue weighted by Crippen LogP contribution is -2.06. The predicted octanol–water partition coefficient (Wildman–Crippen LogP) is 3.70. The normalized spacial score (nSPS) is 38.6. The molecule has 0 aromatic heterocycles. The van der Waals surface area contributed by atoms with Crippen molar-refractivity contribution in [2.45, 2.75) is 39.0 Å². The van der Waals surface area contributed by atoms with E-state index >= 15 is 0 Å². The molecule has 2 atom stereocenters. The molecule has 2 rings (SSSR count). The standard InChI is InChI=1S/C12H18/c1-2-3-4-7-12-8-5-11(10-12)6-9-12/h4-5,7-8,11H,2-3,6,9-10H2,1H3. The van der Waals surface area contributed by atoms with Crippen LogP contribution in [0.3, 0.4) is 0 Å². The second-order valence-corrected chi connectivity index (χ2v) is 4.29. The molecular formula is C12H18. The Hall–Kier alpha value is -0.520. The van der Waals surface area contributed by atoms with Gasteiger partial charge in [0.15, 0.2) is 0 Å². The van der Waals surface area contributed by atoms with Gasteiger partial charge in [-0.1, -0.05) is 37.6 Å². The predicted molar refractivity (Wildman–Crippen MR) is 53.0 cm³/mol. The molecule has 2 aliphatic rings. The van der Waals surface area contributed by atoms with Gasteiger partial charge in [-0.2, -0.15) is 0 Å². The van der Waals surface area contributed by atoms with E-state index in [4.69, 9.17) is 0 Å². The lowest BCUT2D eigenvalue weighted by molar-refractivity contribution is 0.521. The molecule has 2 unspecified atom stereocenters. The molecule has 66 valence electrons. The Morgan fingerprint density at radius 1 is 1.58 bits per heavy atom. The molecule has 0 aromatic rings. The molecule has 0 N–H and O–H groups in total. The molecule has 0 radical (unpaired) electrons. The summed E-state index contributed by atoms with van der Waals surface area (Å²) in [5.74, 6) is 0.913. The van der Waals surface area contributed by atoms with E-state index in [-0.39, 0.29) is 0 Å². The maximum absolute atomic E-state index is 2.46. The number of unbranched alkanes of at least 4 members (excludes halogenated alkanes) is 1. The van der Waals surface area contributed by atoms with E-state index in [1.807, 2.05) is 0 Å². The molecule has 0 amide bonds. The Morgan fingerprint density at radius 2 is 2.50 bits per heavy atom. The van der Waals surface area contributed by atoms with Crippen LogP contribution in [-0.2, 0) is 0 Å².